The van der Waals surface area contributed by atoms with Gasteiger partial charge < -0.3 is 24.8 Å². The van der Waals surface area contributed by atoms with E-state index in [0.29, 0.717) is 12.8 Å². The third-order valence-corrected chi connectivity index (χ3v) is 4.60. The first kappa shape index (κ1) is 22.5. The minimum Gasteiger partial charge on any atom is -0.469 e. The second-order valence-electron chi connectivity index (χ2n) is 7.64. The molecule has 1 aliphatic heterocycles. The van der Waals surface area contributed by atoms with E-state index in [0.717, 1.165) is 7.85 Å². The molecule has 4 atom stereocenters. The van der Waals surface area contributed by atoms with Gasteiger partial charge in [-0.1, -0.05) is 0 Å². The molecule has 0 bridgehead atoms. The molecule has 0 aromatic carbocycles. The number of aliphatic hydroxyl groups is 3. The Kier molecular flexibility index (Phi) is 6.66. The van der Waals surface area contributed by atoms with E-state index in [1.54, 1.807) is 13.3 Å². The summed E-state index contributed by atoms with van der Waals surface area (Å²) in [4.78, 5) is 28.1. The third-order valence-electron chi connectivity index (χ3n) is 4.60. The Morgan fingerprint density at radius 3 is 2.50 bits per heavy atom. The van der Waals surface area contributed by atoms with Crippen molar-refractivity contribution in [3.8, 4) is 0 Å². The molecule has 5 N–H and O–H groups in total. The zero-order valence-corrected chi connectivity index (χ0v) is 16.2. The molecule has 0 saturated carbocycles. The average molecular weight is 393 g/mol. The highest BCUT2D eigenvalue weighted by molar-refractivity contribution is 6.40. The Balaban J connectivity index is 2.05. The number of rotatable bonds is 7. The zero-order chi connectivity index (χ0) is 21.3. The Morgan fingerprint density at radius 1 is 1.36 bits per heavy atom. The minimum absolute atomic E-state index is 0.00631. The number of carbonyl (C=O) groups excluding carboxylic acids is 1. The molecule has 1 aromatic rings. The third kappa shape index (κ3) is 5.17. The molecule has 0 spiro atoms. The van der Waals surface area contributed by atoms with Gasteiger partial charge in [0, 0.05) is 11.6 Å². The largest absolute Gasteiger partial charge is 0.469 e. The summed E-state index contributed by atoms with van der Waals surface area (Å²) in [5.41, 5.74) is -1.31. The van der Waals surface area contributed by atoms with Gasteiger partial charge in [0.1, 0.15) is 33.5 Å². The summed E-state index contributed by atoms with van der Waals surface area (Å²) < 4.78 is 12.4. The molecule has 150 valence electrons. The van der Waals surface area contributed by atoms with Crippen molar-refractivity contribution in [3.05, 3.63) is 22.7 Å². The maximum absolute atomic E-state index is 12.4. The lowest BCUT2D eigenvalue weighted by Gasteiger charge is -2.36. The van der Waals surface area contributed by atoms with Crippen LogP contribution in [0.3, 0.4) is 0 Å². The summed E-state index contributed by atoms with van der Waals surface area (Å²) in [5, 5.41) is 36.8. The molecule has 0 amide bonds. The molecule has 4 unspecified atom stereocenters. The molecule has 1 aliphatic rings. The van der Waals surface area contributed by atoms with Crippen LogP contribution < -0.4 is 11.2 Å². The van der Waals surface area contributed by atoms with Crippen molar-refractivity contribution in [2.24, 2.45) is 5.92 Å². The first-order chi connectivity index (χ1) is 12.8. The number of hydrogen-bond donors (Lipinski definition) is 5. The Bertz CT molecular complexity index is 751. The summed E-state index contributed by atoms with van der Waals surface area (Å²) in [6.07, 6.45) is 1.21. The molecule has 15 heteroatoms. The monoisotopic (exact) mass is 393 g/mol. The molecule has 1 saturated heterocycles. The summed E-state index contributed by atoms with van der Waals surface area (Å²) in [5.74, 6) is -2.56. The second-order valence-corrected chi connectivity index (χ2v) is 7.64. The minimum atomic E-state index is -2.48. The predicted molar refractivity (Wildman–Crippen MR) is 107 cm³/mol. The molecule has 0 aliphatic carbocycles. The fourth-order valence-electron chi connectivity index (χ4n) is 3.40. The van der Waals surface area contributed by atoms with Gasteiger partial charge in [-0.05, 0) is 18.9 Å². The van der Waals surface area contributed by atoms with Crippen LogP contribution in [0.1, 0.15) is 19.1 Å². The van der Waals surface area contributed by atoms with Gasteiger partial charge in [-0.15, -0.1) is 0 Å². The van der Waals surface area contributed by atoms with Crippen molar-refractivity contribution in [1.29, 1.82) is 0 Å². The Hall–Kier alpha value is -1.79. The Morgan fingerprint density at radius 2 is 2.00 bits per heavy atom. The van der Waals surface area contributed by atoms with Gasteiger partial charge in [-0.2, -0.15) is 4.98 Å². The van der Waals surface area contributed by atoms with E-state index in [-0.39, 0.29) is 5.82 Å². The van der Waals surface area contributed by atoms with E-state index in [2.05, 4.69) is 4.98 Å². The smallest absolute Gasteiger partial charge is 0.351 e. The highest BCUT2D eigenvalue weighted by atomic mass is 16.6. The van der Waals surface area contributed by atoms with Gasteiger partial charge in [-0.25, -0.2) is 4.79 Å². The van der Waals surface area contributed by atoms with Crippen LogP contribution in [-0.2, 0) is 14.3 Å². The number of ether oxygens (including phenoxy) is 2. The van der Waals surface area contributed by atoms with Gasteiger partial charge in [-0.3, -0.25) is 20.0 Å². The molecule has 11 nitrogen and oxygen atoms in total. The second kappa shape index (κ2) is 8.29. The van der Waals surface area contributed by atoms with Crippen LogP contribution in [0.4, 0.5) is 5.82 Å². The van der Waals surface area contributed by atoms with Gasteiger partial charge >= 0.3 is 11.7 Å². The number of esters is 1. The summed E-state index contributed by atoms with van der Waals surface area (Å²) in [6.45, 7) is 0. The fraction of sp³-hybridized carbons (Fsp3) is 0.615. The highest BCUT2D eigenvalue weighted by Gasteiger charge is 2.47. The first-order valence-electron chi connectivity index (χ1n) is 8.87. The van der Waals surface area contributed by atoms with Crippen LogP contribution >= 0.6 is 0 Å². The number of carbonyl (C=O) groups is 1. The highest BCUT2D eigenvalue weighted by Crippen LogP contribution is 2.30. The number of aromatic nitrogens is 2. The maximum atomic E-state index is 12.4. The average Bonchev–Trinajstić information content (AvgIpc) is 3.01. The number of nitrogens with zero attached hydrogens (tertiary/aromatic N) is 2. The van der Waals surface area contributed by atoms with Gasteiger partial charge in [0.25, 0.3) is 0 Å². The lowest BCUT2D eigenvalue weighted by molar-refractivity contribution is -0.192. The lowest BCUT2D eigenvalue weighted by atomic mass is 9.53. The topological polar surface area (TPSA) is 163 Å². The van der Waals surface area contributed by atoms with Crippen molar-refractivity contribution < 1.29 is 34.8 Å². The van der Waals surface area contributed by atoms with Crippen molar-refractivity contribution in [2.75, 3.05) is 5.48 Å². The van der Waals surface area contributed by atoms with Crippen molar-refractivity contribution >= 4 is 43.2 Å². The van der Waals surface area contributed by atoms with Gasteiger partial charge in [0.15, 0.2) is 21.5 Å². The van der Waals surface area contributed by atoms with E-state index in [1.165, 1.54) is 32.5 Å². The summed E-state index contributed by atoms with van der Waals surface area (Å²) in [7, 11) is 5.13. The van der Waals surface area contributed by atoms with Crippen LogP contribution in [0.2, 0.25) is 0 Å². The summed E-state index contributed by atoms with van der Waals surface area (Å²) >= 11 is 0. The van der Waals surface area contributed by atoms with Crippen LogP contribution in [-0.4, -0.2) is 90.6 Å². The predicted octanol–water partition coefficient (Wildman–Crippen LogP) is -5.98. The lowest BCUT2D eigenvalue weighted by Crippen LogP contribution is -2.58. The molecule has 0 radical (unpaired) electrons. The van der Waals surface area contributed by atoms with Crippen molar-refractivity contribution in [3.63, 3.8) is 0 Å². The van der Waals surface area contributed by atoms with Crippen LogP contribution in [0.5, 0.6) is 0 Å². The van der Waals surface area contributed by atoms with Crippen LogP contribution in [0.15, 0.2) is 17.1 Å². The maximum Gasteiger partial charge on any atom is 0.351 e. The standard InChI is InChI=1S/C13H23B4N3O8/c14-9(28-10(21)8(12(15,16)23)13(17,24)25)5-1-2-7(27-5)20-4-3-6(19-26)18-11(20)22/h3-5,7-9,23-26H,1-2,14-17H2,(H,18,19,22). The molecule has 2 rings (SSSR count). The normalized spacial score (nSPS) is 22.4. The molecular weight excluding hydrogens is 369 g/mol. The van der Waals surface area contributed by atoms with E-state index in [4.69, 9.17) is 14.7 Å². The molecule has 28 heavy (non-hydrogen) atoms. The van der Waals surface area contributed by atoms with E-state index in [1.807, 2.05) is 0 Å². The van der Waals surface area contributed by atoms with Crippen LogP contribution in [0.25, 0.3) is 0 Å². The fourth-order valence-corrected chi connectivity index (χ4v) is 3.40. The Labute approximate surface area is 164 Å². The molecule has 1 fully saturated rings. The molecule has 1 aromatic heterocycles. The van der Waals surface area contributed by atoms with E-state index < -0.39 is 47.0 Å². The van der Waals surface area contributed by atoms with Gasteiger partial charge in [0.2, 0.25) is 0 Å². The van der Waals surface area contributed by atoms with Crippen molar-refractivity contribution in [1.82, 2.24) is 9.55 Å². The SMILES string of the molecule is BC(OC(=O)C(C(B)(B)O)C(B)(O)O)C1CCC(n2ccc(NO)nc2=O)O1. The molecule has 2 heterocycles. The van der Waals surface area contributed by atoms with E-state index in [9.17, 15) is 24.9 Å². The van der Waals surface area contributed by atoms with Crippen molar-refractivity contribution in [2.45, 2.75) is 42.3 Å². The molecular formula is C13H23B4N3O8. The number of anilines is 1. The van der Waals surface area contributed by atoms with Gasteiger partial charge in [0.05, 0.1) is 12.1 Å². The summed E-state index contributed by atoms with van der Waals surface area (Å²) in [6, 6.07) is 0.644. The zero-order valence-electron chi connectivity index (χ0n) is 16.2. The first-order valence-corrected chi connectivity index (χ1v) is 8.87. The van der Waals surface area contributed by atoms with E-state index >= 15 is 0 Å². The number of hydrogen-bond acceptors (Lipinski definition) is 10. The number of nitrogens with one attached hydrogen (secondary N) is 1. The van der Waals surface area contributed by atoms with Crippen LogP contribution in [0, 0.1) is 5.92 Å². The quantitative estimate of drug-likeness (QED) is 0.131.